The first kappa shape index (κ1) is 23.5. The van der Waals surface area contributed by atoms with Gasteiger partial charge in [-0.15, -0.1) is 0 Å². The zero-order chi connectivity index (χ0) is 22.3. The molecule has 0 saturated carbocycles. The highest BCUT2D eigenvalue weighted by Gasteiger charge is 2.31. The Bertz CT molecular complexity index is 848. The summed E-state index contributed by atoms with van der Waals surface area (Å²) in [4.78, 5) is 21.0. The first-order chi connectivity index (χ1) is 14.3. The Morgan fingerprint density at radius 2 is 1.83 bits per heavy atom. The van der Waals surface area contributed by atoms with E-state index in [0.29, 0.717) is 5.92 Å². The van der Waals surface area contributed by atoms with Crippen LogP contribution in [0, 0.1) is 32.1 Å². The van der Waals surface area contributed by atoms with Crippen molar-refractivity contribution in [1.29, 1.82) is 0 Å². The number of hydrogen-bond acceptors (Lipinski definition) is 6. The Balaban J connectivity index is 2.32. The average molecular weight is 417 g/mol. The minimum absolute atomic E-state index is 0.161. The van der Waals surface area contributed by atoms with Gasteiger partial charge in [-0.25, -0.2) is 0 Å². The normalized spacial score (nSPS) is 20.5. The van der Waals surface area contributed by atoms with Crippen molar-refractivity contribution in [1.82, 2.24) is 0 Å². The molecule has 0 amide bonds. The SMILES string of the molecule is CCCCC1=C(C)C/C(=N/Nc2ccc([N+](=O)[O-])cc2[N+](=O)[O-])[C@@H](C)[C@H]1CCCC. The van der Waals surface area contributed by atoms with Gasteiger partial charge in [0.1, 0.15) is 5.69 Å². The third kappa shape index (κ3) is 5.64. The van der Waals surface area contributed by atoms with E-state index in [0.717, 1.165) is 50.3 Å². The number of unbranched alkanes of at least 4 members (excludes halogenated alkanes) is 2. The van der Waals surface area contributed by atoms with E-state index in [9.17, 15) is 20.2 Å². The zero-order valence-corrected chi connectivity index (χ0v) is 18.3. The number of nitrogens with zero attached hydrogens (tertiary/aromatic N) is 3. The maximum Gasteiger partial charge on any atom is 0.301 e. The number of anilines is 1. The van der Waals surface area contributed by atoms with Crippen LogP contribution in [0.4, 0.5) is 17.1 Å². The number of nitro benzene ring substituents is 2. The summed E-state index contributed by atoms with van der Waals surface area (Å²) in [5, 5.41) is 26.8. The predicted octanol–water partition coefficient (Wildman–Crippen LogP) is 6.62. The molecule has 1 aromatic rings. The number of rotatable bonds is 10. The first-order valence-corrected chi connectivity index (χ1v) is 10.7. The van der Waals surface area contributed by atoms with Crippen LogP contribution in [0.1, 0.15) is 72.6 Å². The summed E-state index contributed by atoms with van der Waals surface area (Å²) in [5.74, 6) is 0.689. The second-order valence-electron chi connectivity index (χ2n) is 8.05. The van der Waals surface area contributed by atoms with Gasteiger partial charge >= 0.3 is 5.69 Å². The van der Waals surface area contributed by atoms with E-state index in [1.54, 1.807) is 5.57 Å². The van der Waals surface area contributed by atoms with E-state index in [-0.39, 0.29) is 23.0 Å². The summed E-state index contributed by atoms with van der Waals surface area (Å²) in [6, 6.07) is 3.56. The van der Waals surface area contributed by atoms with Gasteiger partial charge in [-0.3, -0.25) is 25.7 Å². The van der Waals surface area contributed by atoms with E-state index in [1.165, 1.54) is 24.1 Å². The Morgan fingerprint density at radius 1 is 1.13 bits per heavy atom. The van der Waals surface area contributed by atoms with Crippen LogP contribution in [0.15, 0.2) is 34.4 Å². The summed E-state index contributed by atoms with van der Waals surface area (Å²) in [6.07, 6.45) is 7.63. The topological polar surface area (TPSA) is 111 Å². The van der Waals surface area contributed by atoms with Gasteiger partial charge in [0.2, 0.25) is 0 Å². The average Bonchev–Trinajstić information content (AvgIpc) is 2.71. The van der Waals surface area contributed by atoms with Gasteiger partial charge in [0, 0.05) is 24.1 Å². The van der Waals surface area contributed by atoms with Gasteiger partial charge in [-0.1, -0.05) is 51.2 Å². The van der Waals surface area contributed by atoms with Crippen LogP contribution in [0.2, 0.25) is 0 Å². The summed E-state index contributed by atoms with van der Waals surface area (Å²) in [7, 11) is 0. The molecule has 0 unspecified atom stereocenters. The maximum atomic E-state index is 11.4. The highest BCUT2D eigenvalue weighted by molar-refractivity contribution is 5.91. The molecule has 0 heterocycles. The minimum atomic E-state index is -0.643. The fraction of sp³-hybridized carbons (Fsp3) is 0.591. The lowest BCUT2D eigenvalue weighted by Gasteiger charge is -2.34. The minimum Gasteiger partial charge on any atom is -0.272 e. The molecule has 164 valence electrons. The zero-order valence-electron chi connectivity index (χ0n) is 18.3. The highest BCUT2D eigenvalue weighted by Crippen LogP contribution is 2.39. The standard InChI is InChI=1S/C22H32N4O4/c1-5-7-9-18-15(3)13-21(16(4)19(18)10-8-6-2)24-23-20-12-11-17(25(27)28)14-22(20)26(29)30/h11-12,14,16,19,23H,5-10,13H2,1-4H3/b24-21-/t16-,19+/m0/s1. The lowest BCUT2D eigenvalue weighted by atomic mass is 9.71. The smallest absolute Gasteiger partial charge is 0.272 e. The molecule has 30 heavy (non-hydrogen) atoms. The molecule has 2 rings (SSSR count). The Morgan fingerprint density at radius 3 is 2.43 bits per heavy atom. The van der Waals surface area contributed by atoms with Crippen LogP contribution in [-0.2, 0) is 0 Å². The Kier molecular flexibility index (Phi) is 8.50. The molecule has 1 aromatic carbocycles. The van der Waals surface area contributed by atoms with Crippen molar-refractivity contribution < 1.29 is 9.85 Å². The molecule has 1 aliphatic rings. The third-order valence-corrected chi connectivity index (χ3v) is 5.95. The van der Waals surface area contributed by atoms with Crippen LogP contribution >= 0.6 is 0 Å². The largest absolute Gasteiger partial charge is 0.301 e. The summed E-state index contributed by atoms with van der Waals surface area (Å²) in [5.41, 5.74) is 6.19. The molecule has 0 bridgehead atoms. The molecule has 0 aliphatic heterocycles. The van der Waals surface area contributed by atoms with Crippen molar-refractivity contribution in [2.75, 3.05) is 5.43 Å². The van der Waals surface area contributed by atoms with Crippen LogP contribution in [0.5, 0.6) is 0 Å². The molecule has 0 radical (unpaired) electrons. The molecule has 0 spiro atoms. The van der Waals surface area contributed by atoms with E-state index < -0.39 is 9.85 Å². The van der Waals surface area contributed by atoms with Gasteiger partial charge in [0.15, 0.2) is 0 Å². The quantitative estimate of drug-likeness (QED) is 0.261. The molecular formula is C22H32N4O4. The highest BCUT2D eigenvalue weighted by atomic mass is 16.6. The first-order valence-electron chi connectivity index (χ1n) is 10.7. The van der Waals surface area contributed by atoms with E-state index in [2.05, 4.69) is 38.2 Å². The van der Waals surface area contributed by atoms with Crippen molar-refractivity contribution in [3.63, 3.8) is 0 Å². The monoisotopic (exact) mass is 416 g/mol. The fourth-order valence-electron chi connectivity index (χ4n) is 4.16. The fourth-order valence-corrected chi connectivity index (χ4v) is 4.16. The molecule has 8 nitrogen and oxygen atoms in total. The van der Waals surface area contributed by atoms with Crippen molar-refractivity contribution >= 4 is 22.8 Å². The molecule has 2 atom stereocenters. The third-order valence-electron chi connectivity index (χ3n) is 5.95. The van der Waals surface area contributed by atoms with Crippen molar-refractivity contribution in [2.24, 2.45) is 16.9 Å². The van der Waals surface area contributed by atoms with E-state index >= 15 is 0 Å². The summed E-state index contributed by atoms with van der Waals surface area (Å²) in [6.45, 7) is 8.75. The molecule has 0 aromatic heterocycles. The number of non-ortho nitro benzene ring substituents is 1. The van der Waals surface area contributed by atoms with Gasteiger partial charge < -0.3 is 0 Å². The van der Waals surface area contributed by atoms with Crippen molar-refractivity contribution in [3.8, 4) is 0 Å². The van der Waals surface area contributed by atoms with E-state index in [4.69, 9.17) is 0 Å². The second kappa shape index (κ2) is 10.8. The Labute approximate surface area is 177 Å². The van der Waals surface area contributed by atoms with Crippen LogP contribution in [-0.4, -0.2) is 15.6 Å². The summed E-state index contributed by atoms with van der Waals surface area (Å²) >= 11 is 0. The number of nitrogens with one attached hydrogen (secondary N) is 1. The summed E-state index contributed by atoms with van der Waals surface area (Å²) < 4.78 is 0. The number of hydrogen-bond donors (Lipinski definition) is 1. The number of allylic oxidation sites excluding steroid dienone is 2. The lowest BCUT2D eigenvalue weighted by molar-refractivity contribution is -0.393. The van der Waals surface area contributed by atoms with Crippen molar-refractivity contribution in [3.05, 3.63) is 49.6 Å². The molecule has 1 N–H and O–H groups in total. The molecule has 8 heteroatoms. The van der Waals surface area contributed by atoms with E-state index in [1.807, 2.05) is 0 Å². The Hall–Kier alpha value is -2.77. The second-order valence-corrected chi connectivity index (χ2v) is 8.05. The van der Waals surface area contributed by atoms with Crippen LogP contribution in [0.3, 0.4) is 0 Å². The predicted molar refractivity (Wildman–Crippen MR) is 120 cm³/mol. The van der Waals surface area contributed by atoms with Gasteiger partial charge in [-0.05, 0) is 38.2 Å². The van der Waals surface area contributed by atoms with Gasteiger partial charge in [0.05, 0.1) is 15.9 Å². The lowest BCUT2D eigenvalue weighted by Crippen LogP contribution is -2.29. The van der Waals surface area contributed by atoms with Crippen LogP contribution in [0.25, 0.3) is 0 Å². The number of benzene rings is 1. The molecule has 0 saturated heterocycles. The molecule has 1 aliphatic carbocycles. The number of nitro groups is 2. The molecule has 0 fully saturated rings. The number of hydrazone groups is 1. The molecular weight excluding hydrogens is 384 g/mol. The van der Waals surface area contributed by atoms with Gasteiger partial charge in [0.25, 0.3) is 5.69 Å². The van der Waals surface area contributed by atoms with Crippen LogP contribution < -0.4 is 5.43 Å². The van der Waals surface area contributed by atoms with Crippen molar-refractivity contribution in [2.45, 2.75) is 72.6 Å². The maximum absolute atomic E-state index is 11.4. The van der Waals surface area contributed by atoms with Gasteiger partial charge in [-0.2, -0.15) is 5.10 Å².